The number of piperazine rings is 1. The van der Waals surface area contributed by atoms with Gasteiger partial charge in [0.05, 0.1) is 5.56 Å². The van der Waals surface area contributed by atoms with Crippen LogP contribution < -0.4 is 9.47 Å². The molecule has 0 aromatic heterocycles. The monoisotopic (exact) mass is 504 g/mol. The van der Waals surface area contributed by atoms with Crippen molar-refractivity contribution >= 4 is 29.2 Å². The highest BCUT2D eigenvalue weighted by Gasteiger charge is 2.28. The highest BCUT2D eigenvalue weighted by Crippen LogP contribution is 2.39. The highest BCUT2D eigenvalue weighted by atomic mass is 35.5. The normalized spacial score (nSPS) is 15.9. The molecule has 7 nitrogen and oxygen atoms in total. The molecule has 3 aromatic carbocycles. The zero-order chi connectivity index (χ0) is 25.2. The van der Waals surface area contributed by atoms with Gasteiger partial charge in [-0.05, 0) is 69.0 Å². The number of aliphatic imine (C=N–C) groups is 1. The molecule has 8 heteroatoms. The standard InChI is InChI=1S/C28H29ClN4O3/c1-19(31(2)3)20-7-6-8-22(17-20)35-28(34)33-15-13-32(14-16-33)27-23-18-21(29)11-12-25(23)36-26-10-5-4-9-24(26)30-27/h4-12,17-19H,13-16H2,1-3H3/t19-/m0/s1. The van der Waals surface area contributed by atoms with Crippen LogP contribution >= 0.6 is 11.6 Å². The maximum absolute atomic E-state index is 12.9. The van der Waals surface area contributed by atoms with Crippen LogP contribution in [0.25, 0.3) is 0 Å². The summed E-state index contributed by atoms with van der Waals surface area (Å²) in [6, 6.07) is 21.2. The molecule has 36 heavy (non-hydrogen) atoms. The van der Waals surface area contributed by atoms with E-state index in [4.69, 9.17) is 26.1 Å². The van der Waals surface area contributed by atoms with Crippen molar-refractivity contribution in [3.63, 3.8) is 0 Å². The molecular weight excluding hydrogens is 476 g/mol. The molecule has 0 unspecified atom stereocenters. The Morgan fingerprint density at radius 3 is 2.56 bits per heavy atom. The molecular formula is C28H29ClN4O3. The molecule has 2 aliphatic heterocycles. The zero-order valence-electron chi connectivity index (χ0n) is 20.6. The van der Waals surface area contributed by atoms with E-state index in [-0.39, 0.29) is 12.1 Å². The van der Waals surface area contributed by atoms with Crippen molar-refractivity contribution in [3.8, 4) is 17.2 Å². The minimum atomic E-state index is -0.343. The van der Waals surface area contributed by atoms with Gasteiger partial charge < -0.3 is 24.2 Å². The Morgan fingerprint density at radius 2 is 1.78 bits per heavy atom. The number of nitrogens with zero attached hydrogens (tertiary/aromatic N) is 4. The quantitative estimate of drug-likeness (QED) is 0.440. The summed E-state index contributed by atoms with van der Waals surface area (Å²) in [5.74, 6) is 2.75. The SMILES string of the molecule is C[C@@H](c1cccc(OC(=O)N2CCN(C3=Nc4ccccc4Oc4ccc(Cl)cc43)CC2)c1)N(C)C. The largest absolute Gasteiger partial charge is 0.454 e. The number of hydrogen-bond acceptors (Lipinski definition) is 6. The lowest BCUT2D eigenvalue weighted by Gasteiger charge is -2.36. The molecule has 0 aliphatic carbocycles. The predicted molar refractivity (Wildman–Crippen MR) is 142 cm³/mol. The van der Waals surface area contributed by atoms with Crippen LogP contribution in [0.2, 0.25) is 5.02 Å². The van der Waals surface area contributed by atoms with Crippen molar-refractivity contribution in [2.24, 2.45) is 4.99 Å². The van der Waals surface area contributed by atoms with Gasteiger partial charge in [0.15, 0.2) is 5.75 Å². The number of rotatable bonds is 3. The molecule has 2 heterocycles. The summed E-state index contributed by atoms with van der Waals surface area (Å²) in [4.78, 5) is 23.9. The molecule has 1 amide bonds. The summed E-state index contributed by atoms with van der Waals surface area (Å²) in [6.45, 7) is 4.37. The molecule has 0 N–H and O–H groups in total. The summed E-state index contributed by atoms with van der Waals surface area (Å²) >= 11 is 6.33. The van der Waals surface area contributed by atoms with Gasteiger partial charge in [-0.2, -0.15) is 0 Å². The van der Waals surface area contributed by atoms with Gasteiger partial charge in [-0.3, -0.25) is 0 Å². The van der Waals surface area contributed by atoms with Crippen LogP contribution in [0.15, 0.2) is 71.7 Å². The number of para-hydroxylation sites is 2. The van der Waals surface area contributed by atoms with Gasteiger partial charge in [0.2, 0.25) is 0 Å². The molecule has 3 aromatic rings. The number of hydrogen-bond donors (Lipinski definition) is 0. The van der Waals surface area contributed by atoms with Crippen LogP contribution in [0.5, 0.6) is 17.2 Å². The van der Waals surface area contributed by atoms with Crippen molar-refractivity contribution in [2.75, 3.05) is 40.3 Å². The van der Waals surface area contributed by atoms with Crippen molar-refractivity contribution < 1.29 is 14.3 Å². The molecule has 2 aliphatic rings. The van der Waals surface area contributed by atoms with Crippen LogP contribution in [-0.4, -0.2) is 66.9 Å². The third-order valence-electron chi connectivity index (χ3n) is 6.65. The van der Waals surface area contributed by atoms with Crippen molar-refractivity contribution in [1.29, 1.82) is 0 Å². The van der Waals surface area contributed by atoms with Crippen molar-refractivity contribution in [2.45, 2.75) is 13.0 Å². The fraction of sp³-hybridized carbons (Fsp3) is 0.286. The van der Waals surface area contributed by atoms with Gasteiger partial charge in [-0.1, -0.05) is 35.9 Å². The third-order valence-corrected chi connectivity index (χ3v) is 6.89. The minimum Gasteiger partial charge on any atom is -0.454 e. The number of halogens is 1. The van der Waals surface area contributed by atoms with E-state index in [0.29, 0.717) is 48.5 Å². The number of amidine groups is 1. The van der Waals surface area contributed by atoms with Crippen LogP contribution in [0.4, 0.5) is 10.5 Å². The summed E-state index contributed by atoms with van der Waals surface area (Å²) in [6.07, 6.45) is -0.343. The van der Waals surface area contributed by atoms with E-state index < -0.39 is 0 Å². The predicted octanol–water partition coefficient (Wildman–Crippen LogP) is 5.96. The van der Waals surface area contributed by atoms with Crippen molar-refractivity contribution in [3.05, 3.63) is 82.9 Å². The fourth-order valence-corrected chi connectivity index (χ4v) is 4.51. The Kier molecular flexibility index (Phi) is 6.85. The van der Waals surface area contributed by atoms with E-state index in [1.54, 1.807) is 4.90 Å². The Morgan fingerprint density at radius 1 is 1.00 bits per heavy atom. The second-order valence-corrected chi connectivity index (χ2v) is 9.64. The molecule has 1 atom stereocenters. The first-order valence-electron chi connectivity index (χ1n) is 12.0. The number of carbonyl (C=O) groups is 1. The molecule has 0 spiro atoms. The topological polar surface area (TPSA) is 57.6 Å². The molecule has 0 radical (unpaired) electrons. The average molecular weight is 505 g/mol. The van der Waals surface area contributed by atoms with Gasteiger partial charge in [0.1, 0.15) is 23.0 Å². The zero-order valence-corrected chi connectivity index (χ0v) is 21.4. The molecule has 0 bridgehead atoms. The summed E-state index contributed by atoms with van der Waals surface area (Å²) in [7, 11) is 4.05. The molecule has 1 saturated heterocycles. The second kappa shape index (κ2) is 10.2. The average Bonchev–Trinajstić information content (AvgIpc) is 3.05. The van der Waals surface area contributed by atoms with E-state index in [0.717, 1.165) is 22.6 Å². The Hall–Kier alpha value is -3.55. The maximum atomic E-state index is 12.9. The smallest absolute Gasteiger partial charge is 0.415 e. The fourth-order valence-electron chi connectivity index (χ4n) is 4.34. The van der Waals surface area contributed by atoms with Gasteiger partial charge in [0, 0.05) is 37.2 Å². The number of benzene rings is 3. The number of amides is 1. The summed E-state index contributed by atoms with van der Waals surface area (Å²) in [5, 5.41) is 0.615. The Balaban J connectivity index is 1.31. The summed E-state index contributed by atoms with van der Waals surface area (Å²) in [5.41, 5.74) is 2.69. The van der Waals surface area contributed by atoms with Gasteiger partial charge in [-0.15, -0.1) is 0 Å². The lowest BCUT2D eigenvalue weighted by molar-refractivity contribution is 0.130. The first-order chi connectivity index (χ1) is 17.4. The van der Waals surface area contributed by atoms with E-state index in [1.165, 1.54) is 0 Å². The minimum absolute atomic E-state index is 0.220. The first kappa shape index (κ1) is 24.2. The van der Waals surface area contributed by atoms with Gasteiger partial charge >= 0.3 is 6.09 Å². The maximum Gasteiger partial charge on any atom is 0.415 e. The lowest BCUT2D eigenvalue weighted by Crippen LogP contribution is -2.51. The van der Waals surface area contributed by atoms with Crippen molar-refractivity contribution in [1.82, 2.24) is 14.7 Å². The van der Waals surface area contributed by atoms with Crippen LogP contribution in [-0.2, 0) is 0 Å². The molecule has 0 saturated carbocycles. The number of carbonyl (C=O) groups excluding carboxylic acids is 1. The van der Waals surface area contributed by atoms with Crippen LogP contribution in [0, 0.1) is 0 Å². The first-order valence-corrected chi connectivity index (χ1v) is 12.4. The highest BCUT2D eigenvalue weighted by molar-refractivity contribution is 6.31. The van der Waals surface area contributed by atoms with Gasteiger partial charge in [-0.25, -0.2) is 9.79 Å². The van der Waals surface area contributed by atoms with E-state index in [1.807, 2.05) is 80.8 Å². The van der Waals surface area contributed by atoms with E-state index >= 15 is 0 Å². The summed E-state index contributed by atoms with van der Waals surface area (Å²) < 4.78 is 11.9. The Bertz CT molecular complexity index is 1300. The lowest BCUT2D eigenvalue weighted by atomic mass is 10.1. The molecule has 5 rings (SSSR count). The second-order valence-electron chi connectivity index (χ2n) is 9.20. The van der Waals surface area contributed by atoms with Crippen LogP contribution in [0.1, 0.15) is 24.1 Å². The molecule has 1 fully saturated rings. The number of fused-ring (bicyclic) bond motifs is 2. The molecule has 186 valence electrons. The van der Waals surface area contributed by atoms with E-state index in [2.05, 4.69) is 16.7 Å². The van der Waals surface area contributed by atoms with E-state index in [9.17, 15) is 4.79 Å². The van der Waals surface area contributed by atoms with Crippen LogP contribution in [0.3, 0.4) is 0 Å². The third kappa shape index (κ3) is 5.03. The Labute approximate surface area is 216 Å². The van der Waals surface area contributed by atoms with Gasteiger partial charge in [0.25, 0.3) is 0 Å². The number of ether oxygens (including phenoxy) is 2.